The van der Waals surface area contributed by atoms with Gasteiger partial charge in [0.1, 0.15) is 5.75 Å². The average molecular weight is 221 g/mol. The minimum Gasteiger partial charge on any atom is -0.475 e. The third-order valence-corrected chi connectivity index (χ3v) is 2.99. The Kier molecular flexibility index (Phi) is 2.50. The van der Waals surface area contributed by atoms with Gasteiger partial charge in [0.05, 0.1) is 7.11 Å². The number of nitrogen functional groups attached to an aromatic ring is 1. The number of carbonyl (C=O) groups excluding carboxylic acids is 1. The second-order valence-electron chi connectivity index (χ2n) is 3.99. The van der Waals surface area contributed by atoms with Crippen LogP contribution in [-0.4, -0.2) is 18.7 Å². The summed E-state index contributed by atoms with van der Waals surface area (Å²) in [7, 11) is 1.38. The highest BCUT2D eigenvalue weighted by Gasteiger charge is 2.45. The van der Waals surface area contributed by atoms with Gasteiger partial charge in [-0.3, -0.25) is 0 Å². The fourth-order valence-electron chi connectivity index (χ4n) is 2.03. The van der Waals surface area contributed by atoms with Crippen molar-refractivity contribution in [2.75, 3.05) is 12.8 Å². The van der Waals surface area contributed by atoms with Crippen LogP contribution in [0.2, 0.25) is 0 Å². The van der Waals surface area contributed by atoms with E-state index in [1.165, 1.54) is 7.11 Å². The number of hydrogen-bond donors (Lipinski definition) is 1. The molecule has 0 bridgehead atoms. The van der Waals surface area contributed by atoms with Gasteiger partial charge in [0, 0.05) is 17.7 Å². The van der Waals surface area contributed by atoms with Crippen LogP contribution < -0.4 is 10.5 Å². The molecule has 0 aromatic heterocycles. The molecule has 2 rings (SSSR count). The van der Waals surface area contributed by atoms with Gasteiger partial charge in [-0.25, -0.2) is 4.79 Å². The van der Waals surface area contributed by atoms with Crippen molar-refractivity contribution in [1.82, 2.24) is 0 Å². The molecule has 0 spiro atoms. The van der Waals surface area contributed by atoms with Gasteiger partial charge < -0.3 is 15.2 Å². The summed E-state index contributed by atoms with van der Waals surface area (Å²) >= 11 is 0. The molecule has 86 valence electrons. The number of esters is 1. The Morgan fingerprint density at radius 1 is 1.62 bits per heavy atom. The number of methoxy groups -OCH3 is 1. The number of rotatable bonds is 2. The van der Waals surface area contributed by atoms with Crippen LogP contribution in [0.25, 0.3) is 0 Å². The highest BCUT2D eigenvalue weighted by molar-refractivity contribution is 5.82. The molecule has 0 fully saturated rings. The number of benzene rings is 1. The minimum absolute atomic E-state index is 0.329. The molecule has 0 saturated carbocycles. The van der Waals surface area contributed by atoms with Gasteiger partial charge in [-0.2, -0.15) is 0 Å². The van der Waals surface area contributed by atoms with Crippen LogP contribution >= 0.6 is 0 Å². The van der Waals surface area contributed by atoms with E-state index in [1.807, 2.05) is 13.0 Å². The first-order valence-electron chi connectivity index (χ1n) is 5.27. The molecule has 1 unspecified atom stereocenters. The lowest BCUT2D eigenvalue weighted by Crippen LogP contribution is -2.43. The highest BCUT2D eigenvalue weighted by atomic mass is 16.6. The summed E-state index contributed by atoms with van der Waals surface area (Å²) in [5, 5.41) is 0. The topological polar surface area (TPSA) is 61.5 Å². The molecular formula is C12H15NO3. The molecule has 16 heavy (non-hydrogen) atoms. The normalized spacial score (nSPS) is 22.4. The van der Waals surface area contributed by atoms with Crippen molar-refractivity contribution >= 4 is 11.7 Å². The Morgan fingerprint density at radius 2 is 2.38 bits per heavy atom. The van der Waals surface area contributed by atoms with E-state index >= 15 is 0 Å². The minimum atomic E-state index is -0.870. The van der Waals surface area contributed by atoms with Gasteiger partial charge in [-0.05, 0) is 24.6 Å². The second-order valence-corrected chi connectivity index (χ2v) is 3.99. The molecule has 0 saturated heterocycles. The summed E-state index contributed by atoms with van der Waals surface area (Å²) in [4.78, 5) is 11.7. The number of nitrogens with two attached hydrogens (primary N) is 1. The van der Waals surface area contributed by atoms with E-state index in [0.717, 1.165) is 11.3 Å². The van der Waals surface area contributed by atoms with Crippen molar-refractivity contribution in [3.63, 3.8) is 0 Å². The van der Waals surface area contributed by atoms with Gasteiger partial charge in [-0.1, -0.05) is 6.92 Å². The largest absolute Gasteiger partial charge is 0.475 e. The van der Waals surface area contributed by atoms with Crippen molar-refractivity contribution in [3.05, 3.63) is 23.8 Å². The summed E-state index contributed by atoms with van der Waals surface area (Å²) in [5.74, 6) is 0.395. The van der Waals surface area contributed by atoms with E-state index in [0.29, 0.717) is 18.5 Å². The molecule has 4 nitrogen and oxygen atoms in total. The lowest BCUT2D eigenvalue weighted by molar-refractivity contribution is -0.157. The van der Waals surface area contributed by atoms with Crippen molar-refractivity contribution in [3.8, 4) is 5.75 Å². The standard InChI is InChI=1S/C12H15NO3/c1-3-12(11(14)15-2)7-8-6-9(13)4-5-10(8)16-12/h4-6H,3,7,13H2,1-2H3. The molecule has 4 heteroatoms. The maximum atomic E-state index is 11.7. The summed E-state index contributed by atoms with van der Waals surface area (Å²) in [6.07, 6.45) is 1.10. The van der Waals surface area contributed by atoms with Crippen LogP contribution in [0, 0.1) is 0 Å². The van der Waals surface area contributed by atoms with Gasteiger partial charge in [-0.15, -0.1) is 0 Å². The molecule has 0 radical (unpaired) electrons. The van der Waals surface area contributed by atoms with E-state index in [9.17, 15) is 4.79 Å². The predicted octanol–water partition coefficient (Wildman–Crippen LogP) is 1.53. The van der Waals surface area contributed by atoms with Gasteiger partial charge in [0.2, 0.25) is 5.60 Å². The van der Waals surface area contributed by atoms with E-state index in [1.54, 1.807) is 12.1 Å². The molecule has 0 amide bonds. The van der Waals surface area contributed by atoms with Crippen LogP contribution in [0.1, 0.15) is 18.9 Å². The van der Waals surface area contributed by atoms with Gasteiger partial charge in [0.25, 0.3) is 0 Å². The van der Waals surface area contributed by atoms with E-state index in [2.05, 4.69) is 0 Å². The lowest BCUT2D eigenvalue weighted by atomic mass is 9.94. The molecule has 1 aliphatic rings. The first kappa shape index (κ1) is 10.8. The molecule has 1 aromatic carbocycles. The molecule has 0 aliphatic carbocycles. The Labute approximate surface area is 94.3 Å². The number of anilines is 1. The quantitative estimate of drug-likeness (QED) is 0.607. The smallest absolute Gasteiger partial charge is 0.350 e. The zero-order chi connectivity index (χ0) is 11.8. The van der Waals surface area contributed by atoms with Crippen LogP contribution in [-0.2, 0) is 16.0 Å². The van der Waals surface area contributed by atoms with Crippen molar-refractivity contribution in [1.29, 1.82) is 0 Å². The summed E-state index contributed by atoms with van der Waals surface area (Å²) in [5.41, 5.74) is 6.47. The maximum Gasteiger partial charge on any atom is 0.350 e. The molecule has 1 heterocycles. The molecule has 1 aromatic rings. The van der Waals surface area contributed by atoms with Crippen molar-refractivity contribution in [2.45, 2.75) is 25.4 Å². The first-order chi connectivity index (χ1) is 7.61. The first-order valence-corrected chi connectivity index (χ1v) is 5.27. The predicted molar refractivity (Wildman–Crippen MR) is 60.2 cm³/mol. The monoisotopic (exact) mass is 221 g/mol. The van der Waals surface area contributed by atoms with E-state index < -0.39 is 5.60 Å². The Morgan fingerprint density at radius 3 is 3.00 bits per heavy atom. The number of ether oxygens (including phenoxy) is 2. The van der Waals surface area contributed by atoms with E-state index in [4.69, 9.17) is 15.2 Å². The fourth-order valence-corrected chi connectivity index (χ4v) is 2.03. The number of fused-ring (bicyclic) bond motifs is 1. The molecule has 1 atom stereocenters. The highest BCUT2D eigenvalue weighted by Crippen LogP contribution is 2.38. The zero-order valence-electron chi connectivity index (χ0n) is 9.45. The van der Waals surface area contributed by atoms with Crippen LogP contribution in [0.5, 0.6) is 5.75 Å². The third kappa shape index (κ3) is 1.50. The van der Waals surface area contributed by atoms with E-state index in [-0.39, 0.29) is 5.97 Å². The van der Waals surface area contributed by atoms with Gasteiger partial charge >= 0.3 is 5.97 Å². The Balaban J connectivity index is 2.35. The summed E-state index contributed by atoms with van der Waals surface area (Å²) < 4.78 is 10.5. The van der Waals surface area contributed by atoms with Crippen LogP contribution in [0.3, 0.4) is 0 Å². The van der Waals surface area contributed by atoms with Crippen LogP contribution in [0.4, 0.5) is 5.69 Å². The molecule has 1 aliphatic heterocycles. The second kappa shape index (κ2) is 3.70. The molecular weight excluding hydrogens is 206 g/mol. The number of carbonyl (C=O) groups is 1. The fraction of sp³-hybridized carbons (Fsp3) is 0.417. The Bertz CT molecular complexity index is 430. The SMILES string of the molecule is CCC1(C(=O)OC)Cc2cc(N)ccc2O1. The summed E-state index contributed by atoms with van der Waals surface area (Å²) in [6, 6.07) is 5.41. The van der Waals surface area contributed by atoms with Gasteiger partial charge in [0.15, 0.2) is 0 Å². The van der Waals surface area contributed by atoms with Crippen molar-refractivity contribution in [2.24, 2.45) is 0 Å². The van der Waals surface area contributed by atoms with Crippen molar-refractivity contribution < 1.29 is 14.3 Å². The maximum absolute atomic E-state index is 11.7. The zero-order valence-corrected chi connectivity index (χ0v) is 9.45. The lowest BCUT2D eigenvalue weighted by Gasteiger charge is -2.23. The van der Waals surface area contributed by atoms with Crippen LogP contribution in [0.15, 0.2) is 18.2 Å². The average Bonchev–Trinajstić information content (AvgIpc) is 2.67. The Hall–Kier alpha value is -1.71. The summed E-state index contributed by atoms with van der Waals surface area (Å²) in [6.45, 7) is 1.91. The molecule has 2 N–H and O–H groups in total. The third-order valence-electron chi connectivity index (χ3n) is 2.99. The number of hydrogen-bond acceptors (Lipinski definition) is 4.